The van der Waals surface area contributed by atoms with Crippen LogP contribution in [0.5, 0.6) is 0 Å². The first-order chi connectivity index (χ1) is 7.20. The predicted octanol–water partition coefficient (Wildman–Crippen LogP) is 4.82. The second kappa shape index (κ2) is 5.66. The Morgan fingerprint density at radius 2 is 1.40 bits per heavy atom. The lowest BCUT2D eigenvalue weighted by atomic mass is 10.2. The molecular weight excluding hydrogens is 199 g/mol. The van der Waals surface area contributed by atoms with Gasteiger partial charge in [-0.2, -0.15) is 0 Å². The monoisotopic (exact) mass is 223 g/mol. The second-order valence-corrected chi connectivity index (χ2v) is 9.36. The van der Waals surface area contributed by atoms with Crippen LogP contribution in [0, 0.1) is 0 Å². The second-order valence-electron chi connectivity index (χ2n) is 4.25. The van der Waals surface area contributed by atoms with Crippen molar-refractivity contribution in [2.24, 2.45) is 0 Å². The van der Waals surface area contributed by atoms with Crippen LogP contribution in [0.25, 0.3) is 0 Å². The van der Waals surface area contributed by atoms with Gasteiger partial charge in [0.1, 0.15) is 0 Å². The lowest BCUT2D eigenvalue weighted by Gasteiger charge is -2.30. The molecule has 84 valence electrons. The van der Waals surface area contributed by atoms with E-state index >= 15 is 0 Å². The van der Waals surface area contributed by atoms with Gasteiger partial charge in [0.2, 0.25) is 0 Å². The molecule has 15 heavy (non-hydrogen) atoms. The Morgan fingerprint density at radius 3 is 1.80 bits per heavy atom. The largest absolute Gasteiger partial charge is 0.0916 e. The highest BCUT2D eigenvalue weighted by Crippen LogP contribution is 2.68. The van der Waals surface area contributed by atoms with Gasteiger partial charge in [-0.1, -0.05) is 30.3 Å². The molecule has 0 N–H and O–H groups in total. The Labute approximate surface area is 95.4 Å². The molecular formula is C14H24P+. The van der Waals surface area contributed by atoms with Gasteiger partial charge in [0, 0.05) is 7.26 Å². The van der Waals surface area contributed by atoms with Gasteiger partial charge in [-0.05, 0) is 33.3 Å². The fourth-order valence-electron chi connectivity index (χ4n) is 2.54. The van der Waals surface area contributed by atoms with Crippen molar-refractivity contribution in [2.75, 3.05) is 18.5 Å². The van der Waals surface area contributed by atoms with Gasteiger partial charge in [-0.25, -0.2) is 0 Å². The van der Waals surface area contributed by atoms with Gasteiger partial charge in [0.05, 0.1) is 24.1 Å². The molecule has 0 aromatic heterocycles. The Balaban J connectivity index is 2.95. The molecule has 0 fully saturated rings. The SMILES string of the molecule is CC[P+](CC)(CC)C(C)c1ccccc1. The van der Waals surface area contributed by atoms with E-state index in [2.05, 4.69) is 58.0 Å². The van der Waals surface area contributed by atoms with E-state index in [4.69, 9.17) is 0 Å². The summed E-state index contributed by atoms with van der Waals surface area (Å²) in [5, 5.41) is 0. The molecule has 0 aliphatic rings. The van der Waals surface area contributed by atoms with E-state index in [-0.39, 0.29) is 0 Å². The standard InChI is InChI=1S/C14H24P/c1-5-15(6-2,7-3)13(4)14-11-9-8-10-12-14/h8-13H,5-7H2,1-4H3/q+1. The predicted molar refractivity (Wildman–Crippen MR) is 73.4 cm³/mol. The smallest absolute Gasteiger partial charge is 0.0622 e. The fourth-order valence-corrected chi connectivity index (χ4v) is 6.33. The first-order valence-electron chi connectivity index (χ1n) is 6.10. The molecule has 0 saturated carbocycles. The summed E-state index contributed by atoms with van der Waals surface area (Å²) in [5.74, 6) is 0. The normalized spacial score (nSPS) is 13.9. The van der Waals surface area contributed by atoms with Crippen molar-refractivity contribution in [1.29, 1.82) is 0 Å². The molecule has 0 nitrogen and oxygen atoms in total. The van der Waals surface area contributed by atoms with Gasteiger partial charge >= 0.3 is 0 Å². The van der Waals surface area contributed by atoms with Crippen molar-refractivity contribution in [2.45, 2.75) is 33.4 Å². The molecule has 0 radical (unpaired) electrons. The van der Waals surface area contributed by atoms with Crippen molar-refractivity contribution in [3.05, 3.63) is 35.9 Å². The molecule has 1 aromatic carbocycles. The van der Waals surface area contributed by atoms with Crippen LogP contribution in [0.2, 0.25) is 0 Å². The average Bonchev–Trinajstić information content (AvgIpc) is 2.33. The van der Waals surface area contributed by atoms with Crippen LogP contribution < -0.4 is 0 Å². The lowest BCUT2D eigenvalue weighted by Crippen LogP contribution is -2.10. The van der Waals surface area contributed by atoms with E-state index in [0.717, 1.165) is 5.66 Å². The third-order valence-electron chi connectivity index (χ3n) is 3.99. The quantitative estimate of drug-likeness (QED) is 0.627. The summed E-state index contributed by atoms with van der Waals surface area (Å²) in [7, 11) is -0.752. The zero-order chi connectivity index (χ0) is 11.3. The van der Waals surface area contributed by atoms with E-state index in [1.54, 1.807) is 0 Å². The maximum Gasteiger partial charge on any atom is 0.0916 e. The van der Waals surface area contributed by atoms with Gasteiger partial charge < -0.3 is 0 Å². The Hall–Kier alpha value is -0.350. The molecule has 1 rings (SSSR count). The topological polar surface area (TPSA) is 0 Å². The van der Waals surface area contributed by atoms with Gasteiger partial charge in [-0.15, -0.1) is 0 Å². The third kappa shape index (κ3) is 2.61. The molecule has 1 unspecified atom stereocenters. The maximum atomic E-state index is 2.43. The zero-order valence-electron chi connectivity index (χ0n) is 10.5. The summed E-state index contributed by atoms with van der Waals surface area (Å²) < 4.78 is 0. The molecule has 0 aliphatic heterocycles. The third-order valence-corrected chi connectivity index (χ3v) is 9.71. The van der Waals surface area contributed by atoms with Crippen LogP contribution in [0.1, 0.15) is 38.9 Å². The number of rotatable bonds is 5. The van der Waals surface area contributed by atoms with E-state index in [1.807, 2.05) is 0 Å². The first-order valence-corrected chi connectivity index (χ1v) is 8.52. The van der Waals surface area contributed by atoms with E-state index < -0.39 is 7.26 Å². The van der Waals surface area contributed by atoms with E-state index in [0.29, 0.717) is 0 Å². The Kier molecular flexibility index (Phi) is 4.80. The van der Waals surface area contributed by atoms with Crippen LogP contribution in [0.15, 0.2) is 30.3 Å². The van der Waals surface area contributed by atoms with Crippen molar-refractivity contribution < 1.29 is 0 Å². The molecule has 0 heterocycles. The summed E-state index contributed by atoms with van der Waals surface area (Å²) in [5.41, 5.74) is 2.31. The summed E-state index contributed by atoms with van der Waals surface area (Å²) in [6, 6.07) is 11.0. The molecule has 0 spiro atoms. The number of hydrogen-bond donors (Lipinski definition) is 0. The van der Waals surface area contributed by atoms with Gasteiger partial charge in [0.25, 0.3) is 0 Å². The van der Waals surface area contributed by atoms with E-state index in [1.165, 1.54) is 24.0 Å². The summed E-state index contributed by atoms with van der Waals surface area (Å²) in [6.45, 7) is 9.56. The zero-order valence-corrected chi connectivity index (χ0v) is 11.4. The molecule has 0 amide bonds. The fraction of sp³-hybridized carbons (Fsp3) is 0.571. The highest BCUT2D eigenvalue weighted by atomic mass is 31.2. The van der Waals surface area contributed by atoms with E-state index in [9.17, 15) is 0 Å². The van der Waals surface area contributed by atoms with Crippen LogP contribution in [0.3, 0.4) is 0 Å². The molecule has 0 bridgehead atoms. The molecule has 1 heteroatoms. The van der Waals surface area contributed by atoms with Crippen molar-refractivity contribution >= 4 is 7.26 Å². The minimum atomic E-state index is -0.752. The first kappa shape index (κ1) is 12.7. The lowest BCUT2D eigenvalue weighted by molar-refractivity contribution is 1.02. The van der Waals surface area contributed by atoms with Crippen LogP contribution in [-0.2, 0) is 0 Å². The molecule has 1 atom stereocenters. The van der Waals surface area contributed by atoms with Crippen LogP contribution in [0.4, 0.5) is 0 Å². The molecule has 1 aromatic rings. The number of benzene rings is 1. The van der Waals surface area contributed by atoms with Crippen LogP contribution in [-0.4, -0.2) is 18.5 Å². The minimum Gasteiger partial charge on any atom is -0.0622 e. The molecule has 0 aliphatic carbocycles. The average molecular weight is 223 g/mol. The molecule has 0 saturated heterocycles. The minimum absolute atomic E-state index is 0.752. The summed E-state index contributed by atoms with van der Waals surface area (Å²) >= 11 is 0. The summed E-state index contributed by atoms with van der Waals surface area (Å²) in [6.07, 6.45) is 4.15. The number of hydrogen-bond acceptors (Lipinski definition) is 0. The van der Waals surface area contributed by atoms with Crippen LogP contribution >= 0.6 is 7.26 Å². The summed E-state index contributed by atoms with van der Waals surface area (Å²) in [4.78, 5) is 0. The van der Waals surface area contributed by atoms with Crippen molar-refractivity contribution in [3.8, 4) is 0 Å². The Bertz CT molecular complexity index is 266. The van der Waals surface area contributed by atoms with Gasteiger partial charge in [-0.3, -0.25) is 0 Å². The highest BCUT2D eigenvalue weighted by Gasteiger charge is 2.38. The van der Waals surface area contributed by atoms with Crippen molar-refractivity contribution in [1.82, 2.24) is 0 Å². The maximum absolute atomic E-state index is 2.43. The highest BCUT2D eigenvalue weighted by molar-refractivity contribution is 7.76. The van der Waals surface area contributed by atoms with Crippen molar-refractivity contribution in [3.63, 3.8) is 0 Å². The Morgan fingerprint density at radius 1 is 0.933 bits per heavy atom. The van der Waals surface area contributed by atoms with Gasteiger partial charge in [0.15, 0.2) is 0 Å².